The third kappa shape index (κ3) is 9.32. The molecule has 11 N–H and O–H groups in total. The number of carbonyl (C=O) groups excluding carboxylic acids is 2. The van der Waals surface area contributed by atoms with Crippen molar-refractivity contribution in [2.24, 2.45) is 32.9 Å². The summed E-state index contributed by atoms with van der Waals surface area (Å²) in [6, 6.07) is 10.1. The average molecular weight is 581 g/mol. The largest absolute Gasteiger partial charge is 0.508 e. The van der Waals surface area contributed by atoms with Gasteiger partial charge in [0, 0.05) is 37.8 Å². The fourth-order valence-electron chi connectivity index (χ4n) is 4.47. The summed E-state index contributed by atoms with van der Waals surface area (Å²) in [7, 11) is 1.51. The molecule has 13 nitrogen and oxygen atoms in total. The number of phenols is 1. The number of aromatic hydroxyl groups is 1. The van der Waals surface area contributed by atoms with Crippen LogP contribution in [0.5, 0.6) is 17.2 Å². The number of phenolic OH excluding ortho intramolecular Hbond substituents is 1. The summed E-state index contributed by atoms with van der Waals surface area (Å²) >= 11 is 0. The third-order valence-corrected chi connectivity index (χ3v) is 6.50. The van der Waals surface area contributed by atoms with Gasteiger partial charge in [-0.05, 0) is 67.2 Å². The number of nitrogens with zero attached hydrogens (tertiary/aromatic N) is 2. The third-order valence-electron chi connectivity index (χ3n) is 6.50. The molecule has 3 rings (SSSR count). The number of rotatable bonds is 15. The zero-order valence-corrected chi connectivity index (χ0v) is 23.7. The molecule has 2 amide bonds. The first-order chi connectivity index (χ1) is 20.2. The molecule has 0 unspecified atom stereocenters. The number of guanidine groups is 2. The maximum absolute atomic E-state index is 13.6. The second-order valence-electron chi connectivity index (χ2n) is 9.69. The van der Waals surface area contributed by atoms with Gasteiger partial charge in [-0.3, -0.25) is 19.6 Å². The van der Waals surface area contributed by atoms with Crippen LogP contribution >= 0.6 is 0 Å². The normalized spacial score (nSPS) is 15.4. The lowest BCUT2D eigenvalue weighted by molar-refractivity contribution is -0.124. The van der Waals surface area contributed by atoms with Gasteiger partial charge in [0.05, 0.1) is 7.11 Å². The molecule has 13 heteroatoms. The van der Waals surface area contributed by atoms with Gasteiger partial charge in [0.1, 0.15) is 17.8 Å². The molecule has 0 saturated heterocycles. The maximum atomic E-state index is 13.6. The van der Waals surface area contributed by atoms with E-state index in [2.05, 4.69) is 20.6 Å². The zero-order chi connectivity index (χ0) is 30.5. The Balaban J connectivity index is 1.76. The number of benzene rings is 2. The molecule has 0 aromatic heterocycles. The smallest absolute Gasteiger partial charge is 0.243 e. The van der Waals surface area contributed by atoms with E-state index in [9.17, 15) is 14.7 Å². The minimum Gasteiger partial charge on any atom is -0.508 e. The van der Waals surface area contributed by atoms with Gasteiger partial charge < -0.3 is 48.1 Å². The van der Waals surface area contributed by atoms with E-state index in [-0.39, 0.29) is 29.5 Å². The van der Waals surface area contributed by atoms with Crippen molar-refractivity contribution in [2.45, 2.75) is 37.7 Å². The minimum absolute atomic E-state index is 0.0336. The predicted molar refractivity (Wildman–Crippen MR) is 162 cm³/mol. The van der Waals surface area contributed by atoms with E-state index in [4.69, 9.17) is 32.4 Å². The molecule has 1 heterocycles. The number of carbonyl (C=O) groups is 2. The van der Waals surface area contributed by atoms with Gasteiger partial charge in [-0.15, -0.1) is 0 Å². The molecule has 226 valence electrons. The van der Waals surface area contributed by atoms with Crippen molar-refractivity contribution in [3.05, 3.63) is 59.2 Å². The maximum Gasteiger partial charge on any atom is 0.243 e. The Kier molecular flexibility index (Phi) is 11.8. The van der Waals surface area contributed by atoms with Gasteiger partial charge in [0.2, 0.25) is 11.8 Å². The zero-order valence-electron chi connectivity index (χ0n) is 23.7. The first kappa shape index (κ1) is 31.6. The molecule has 2 atom stereocenters. The van der Waals surface area contributed by atoms with Crippen LogP contribution in [0.2, 0.25) is 0 Å². The van der Waals surface area contributed by atoms with E-state index >= 15 is 0 Å². The summed E-state index contributed by atoms with van der Waals surface area (Å²) in [6.07, 6.45) is 5.29. The highest BCUT2D eigenvalue weighted by Crippen LogP contribution is 2.51. The first-order valence-electron chi connectivity index (χ1n) is 13.7. The van der Waals surface area contributed by atoms with Crippen LogP contribution in [-0.2, 0) is 9.59 Å². The number of ether oxygens (including phenoxy) is 2. The molecule has 2 aromatic carbocycles. The van der Waals surface area contributed by atoms with Gasteiger partial charge in [0.15, 0.2) is 23.4 Å². The molecular weight excluding hydrogens is 540 g/mol. The number of nitrogens with one attached hydrogen (secondary N) is 2. The molecule has 2 aromatic rings. The molecule has 0 radical (unpaired) electrons. The Morgan fingerprint density at radius 3 is 2.17 bits per heavy atom. The molecule has 0 fully saturated rings. The number of unbranched alkanes of at least 4 members (excludes halogenated alkanes) is 2. The van der Waals surface area contributed by atoms with E-state index in [0.29, 0.717) is 61.6 Å². The molecule has 1 aliphatic rings. The van der Waals surface area contributed by atoms with Crippen LogP contribution < -0.4 is 43.0 Å². The van der Waals surface area contributed by atoms with Crippen LogP contribution in [0.15, 0.2) is 52.5 Å². The van der Waals surface area contributed by atoms with E-state index in [1.807, 2.05) is 6.07 Å². The first-order valence-corrected chi connectivity index (χ1v) is 13.7. The Bertz CT molecular complexity index is 1300. The standard InChI is InChI=1S/C29H40N8O5/c1-41-22-17-18(6-11-23(39)34-12-2-4-14-36-28(30)31)16-21-24(27(40)35-13-3-5-15-37-29(32)33)25(42-26(21)22)19-7-9-20(38)10-8-19/h6-11,16-17,24-25,38H,2-5,12-15H2,1H3,(H,34,39)(H,35,40)(H4,30,31,36)(H4,32,33,37)/b11-6+/t24-,25+/m1/s1. The van der Waals surface area contributed by atoms with Crippen molar-refractivity contribution in [1.29, 1.82) is 0 Å². The molecule has 42 heavy (non-hydrogen) atoms. The molecule has 0 saturated carbocycles. The fraction of sp³-hybridized carbons (Fsp3) is 0.379. The highest BCUT2D eigenvalue weighted by Gasteiger charge is 2.42. The van der Waals surface area contributed by atoms with Crippen LogP contribution in [0.1, 0.15) is 54.4 Å². The topological polar surface area (TPSA) is 226 Å². The van der Waals surface area contributed by atoms with Gasteiger partial charge in [-0.1, -0.05) is 12.1 Å². The Morgan fingerprint density at radius 2 is 1.57 bits per heavy atom. The van der Waals surface area contributed by atoms with Crippen molar-refractivity contribution in [1.82, 2.24) is 10.6 Å². The van der Waals surface area contributed by atoms with Crippen molar-refractivity contribution >= 4 is 29.8 Å². The number of hydrogen-bond donors (Lipinski definition) is 7. The van der Waals surface area contributed by atoms with Crippen molar-refractivity contribution in [3.63, 3.8) is 0 Å². The second kappa shape index (κ2) is 15.7. The number of aliphatic imine (C=N–C) groups is 2. The Labute approximate surface area is 245 Å². The van der Waals surface area contributed by atoms with Crippen LogP contribution in [0.25, 0.3) is 6.08 Å². The van der Waals surface area contributed by atoms with Crippen LogP contribution in [0.4, 0.5) is 0 Å². The van der Waals surface area contributed by atoms with Gasteiger partial charge in [-0.2, -0.15) is 0 Å². The summed E-state index contributed by atoms with van der Waals surface area (Å²) < 4.78 is 11.9. The van der Waals surface area contributed by atoms with Crippen LogP contribution in [-0.4, -0.2) is 62.1 Å². The summed E-state index contributed by atoms with van der Waals surface area (Å²) in [6.45, 7) is 1.88. The van der Waals surface area contributed by atoms with E-state index in [1.165, 1.54) is 13.2 Å². The lowest BCUT2D eigenvalue weighted by Gasteiger charge is -2.19. The molecular formula is C29H40N8O5. The highest BCUT2D eigenvalue weighted by molar-refractivity contribution is 5.92. The average Bonchev–Trinajstić information content (AvgIpc) is 3.34. The Morgan fingerprint density at radius 1 is 0.952 bits per heavy atom. The lowest BCUT2D eigenvalue weighted by atomic mass is 9.89. The van der Waals surface area contributed by atoms with Gasteiger partial charge in [-0.25, -0.2) is 0 Å². The molecule has 1 aliphatic heterocycles. The number of hydrogen-bond acceptors (Lipinski definition) is 7. The van der Waals surface area contributed by atoms with Crippen LogP contribution in [0, 0.1) is 0 Å². The van der Waals surface area contributed by atoms with E-state index in [1.54, 1.807) is 36.4 Å². The van der Waals surface area contributed by atoms with Gasteiger partial charge in [0.25, 0.3) is 0 Å². The number of nitrogens with two attached hydrogens (primary N) is 4. The SMILES string of the molecule is COc1cc(/C=C/C(=O)NCCCCN=C(N)N)cc2c1O[C@@H](c1ccc(O)cc1)[C@@H]2C(=O)NCCCCN=C(N)N. The fourth-order valence-corrected chi connectivity index (χ4v) is 4.47. The summed E-state index contributed by atoms with van der Waals surface area (Å²) in [5.41, 5.74) is 23.4. The number of fused-ring (bicyclic) bond motifs is 1. The molecule has 0 spiro atoms. The summed E-state index contributed by atoms with van der Waals surface area (Å²) in [5, 5.41) is 15.6. The van der Waals surface area contributed by atoms with Crippen molar-refractivity contribution in [2.75, 3.05) is 33.3 Å². The number of methoxy groups -OCH3 is 1. The van der Waals surface area contributed by atoms with E-state index < -0.39 is 12.0 Å². The molecule has 0 aliphatic carbocycles. The lowest BCUT2D eigenvalue weighted by Crippen LogP contribution is -2.32. The van der Waals surface area contributed by atoms with Gasteiger partial charge >= 0.3 is 0 Å². The Hall–Kier alpha value is -4.94. The summed E-state index contributed by atoms with van der Waals surface area (Å²) in [5.74, 6) is -0.122. The van der Waals surface area contributed by atoms with Crippen molar-refractivity contribution < 1.29 is 24.2 Å². The number of amides is 2. The quantitative estimate of drug-likeness (QED) is 0.0688. The summed E-state index contributed by atoms with van der Waals surface area (Å²) in [4.78, 5) is 33.8. The van der Waals surface area contributed by atoms with Crippen molar-refractivity contribution in [3.8, 4) is 17.2 Å². The van der Waals surface area contributed by atoms with Crippen LogP contribution in [0.3, 0.4) is 0 Å². The molecule has 0 bridgehead atoms. The monoisotopic (exact) mass is 580 g/mol. The van der Waals surface area contributed by atoms with E-state index in [0.717, 1.165) is 18.4 Å². The second-order valence-corrected chi connectivity index (χ2v) is 9.69. The minimum atomic E-state index is -0.705. The highest BCUT2D eigenvalue weighted by atomic mass is 16.5. The predicted octanol–water partition coefficient (Wildman–Crippen LogP) is 0.971.